The molecule has 0 fully saturated rings. The molecule has 158 valence electrons. The molecule has 0 saturated carbocycles. The van der Waals surface area contributed by atoms with Crippen molar-refractivity contribution in [2.75, 3.05) is 31.9 Å². The number of ether oxygens (including phenoxy) is 4. The maximum atomic E-state index is 12.1. The zero-order chi connectivity index (χ0) is 21.1. The molecular formula is C20H21N3O6S. The largest absolute Gasteiger partial charge is 0.491 e. The smallest absolute Gasteiger partial charge is 0.348 e. The molecule has 0 radical (unpaired) electrons. The fraction of sp³-hybridized carbons (Fsp3) is 0.350. The highest BCUT2D eigenvalue weighted by atomic mass is 32.1. The number of rotatable bonds is 8. The maximum absolute atomic E-state index is 12.1. The van der Waals surface area contributed by atoms with Crippen molar-refractivity contribution in [3.63, 3.8) is 0 Å². The van der Waals surface area contributed by atoms with E-state index in [4.69, 9.17) is 18.9 Å². The fourth-order valence-electron chi connectivity index (χ4n) is 3.03. The number of benzene rings is 1. The monoisotopic (exact) mass is 431 g/mol. The van der Waals surface area contributed by atoms with Crippen molar-refractivity contribution in [2.24, 2.45) is 0 Å². The number of thiophene rings is 1. The molecule has 0 saturated heterocycles. The molecule has 2 aromatic heterocycles. The second kappa shape index (κ2) is 8.72. The third-order valence-corrected chi connectivity index (χ3v) is 5.66. The van der Waals surface area contributed by atoms with Gasteiger partial charge in [0.15, 0.2) is 11.5 Å². The van der Waals surface area contributed by atoms with Crippen LogP contribution in [0.2, 0.25) is 0 Å². The van der Waals surface area contributed by atoms with E-state index in [9.17, 15) is 9.90 Å². The molecule has 3 heterocycles. The van der Waals surface area contributed by atoms with Gasteiger partial charge in [-0.3, -0.25) is 0 Å². The summed E-state index contributed by atoms with van der Waals surface area (Å²) in [5.74, 6) is 2.04. The molecular weight excluding hydrogens is 410 g/mol. The molecule has 30 heavy (non-hydrogen) atoms. The van der Waals surface area contributed by atoms with E-state index in [1.807, 2.05) is 6.92 Å². The molecule has 10 heteroatoms. The summed E-state index contributed by atoms with van der Waals surface area (Å²) < 4.78 is 21.3. The van der Waals surface area contributed by atoms with Crippen LogP contribution in [0, 0.1) is 6.92 Å². The van der Waals surface area contributed by atoms with Gasteiger partial charge in [-0.15, -0.1) is 11.3 Å². The number of aromatic nitrogens is 2. The van der Waals surface area contributed by atoms with Gasteiger partial charge < -0.3 is 29.4 Å². The van der Waals surface area contributed by atoms with Crippen molar-refractivity contribution in [1.82, 2.24) is 9.97 Å². The number of anilines is 1. The van der Waals surface area contributed by atoms with E-state index >= 15 is 0 Å². The summed E-state index contributed by atoms with van der Waals surface area (Å²) in [7, 11) is 0. The van der Waals surface area contributed by atoms with Gasteiger partial charge in [-0.05, 0) is 31.5 Å². The van der Waals surface area contributed by atoms with Gasteiger partial charge in [0, 0.05) is 12.6 Å². The first-order valence-electron chi connectivity index (χ1n) is 9.42. The first-order valence-corrected chi connectivity index (χ1v) is 10.2. The summed E-state index contributed by atoms with van der Waals surface area (Å²) in [5, 5.41) is 14.2. The van der Waals surface area contributed by atoms with Crippen molar-refractivity contribution in [2.45, 2.75) is 20.0 Å². The van der Waals surface area contributed by atoms with Crippen LogP contribution in [-0.4, -0.2) is 53.7 Å². The van der Waals surface area contributed by atoms with Crippen LogP contribution >= 0.6 is 11.3 Å². The van der Waals surface area contributed by atoms with Crippen LogP contribution in [0.1, 0.15) is 22.2 Å². The number of nitrogens with zero attached hydrogens (tertiary/aromatic N) is 2. The van der Waals surface area contributed by atoms with E-state index in [-0.39, 0.29) is 25.9 Å². The number of aryl methyl sites for hydroxylation is 1. The van der Waals surface area contributed by atoms with Crippen molar-refractivity contribution in [3.8, 4) is 17.2 Å². The second-order valence-electron chi connectivity index (χ2n) is 6.54. The molecule has 1 unspecified atom stereocenters. The van der Waals surface area contributed by atoms with Gasteiger partial charge >= 0.3 is 5.97 Å². The number of carbonyl (C=O) groups excluding carboxylic acids is 1. The number of hydrogen-bond donors (Lipinski definition) is 2. The zero-order valence-corrected chi connectivity index (χ0v) is 17.3. The number of esters is 1. The Morgan fingerprint density at radius 2 is 2.17 bits per heavy atom. The number of fused-ring (bicyclic) bond motifs is 2. The molecule has 0 amide bonds. The molecule has 1 aromatic carbocycles. The van der Waals surface area contributed by atoms with E-state index < -0.39 is 6.10 Å². The van der Waals surface area contributed by atoms with Crippen LogP contribution in [0.25, 0.3) is 10.2 Å². The molecule has 0 aliphatic carbocycles. The van der Waals surface area contributed by atoms with Gasteiger partial charge in [0.2, 0.25) is 6.79 Å². The lowest BCUT2D eigenvalue weighted by Crippen LogP contribution is -2.26. The highest BCUT2D eigenvalue weighted by molar-refractivity contribution is 7.20. The minimum Gasteiger partial charge on any atom is -0.491 e. The van der Waals surface area contributed by atoms with Gasteiger partial charge in [0.25, 0.3) is 0 Å². The summed E-state index contributed by atoms with van der Waals surface area (Å²) in [6.45, 7) is 4.38. The lowest BCUT2D eigenvalue weighted by atomic mass is 10.2. The normalized spacial score (nSPS) is 13.3. The summed E-state index contributed by atoms with van der Waals surface area (Å²) in [5.41, 5.74) is 0.752. The summed E-state index contributed by atoms with van der Waals surface area (Å²) >= 11 is 1.26. The Morgan fingerprint density at radius 1 is 1.33 bits per heavy atom. The Bertz CT molecular complexity index is 1070. The first kappa shape index (κ1) is 20.2. The van der Waals surface area contributed by atoms with Gasteiger partial charge in [-0.25, -0.2) is 14.8 Å². The summed E-state index contributed by atoms with van der Waals surface area (Å²) in [4.78, 5) is 21.8. The Morgan fingerprint density at radius 3 is 3.00 bits per heavy atom. The predicted octanol–water partition coefficient (Wildman–Crippen LogP) is 2.76. The number of aliphatic hydroxyl groups is 1. The SMILES string of the molecule is CCOC(=O)c1sc2ncnc(NCC(O)COc3ccc4c(c3)OCO4)c2c1C. The standard InChI is InChI=1S/C20H21N3O6S/c1-3-26-20(25)17-11(2)16-18(22-9-23-19(16)30-17)21-7-12(24)8-27-13-4-5-14-15(6-13)29-10-28-14/h4-6,9,12,24H,3,7-8,10H2,1-2H3,(H,21,22,23). The molecule has 0 spiro atoms. The zero-order valence-electron chi connectivity index (χ0n) is 16.5. The Hall–Kier alpha value is -3.11. The Kier molecular flexibility index (Phi) is 5.86. The predicted molar refractivity (Wildman–Crippen MR) is 111 cm³/mol. The maximum Gasteiger partial charge on any atom is 0.348 e. The van der Waals surface area contributed by atoms with Gasteiger partial charge in [0.1, 0.15) is 40.3 Å². The molecule has 3 aromatic rings. The van der Waals surface area contributed by atoms with Crippen LogP contribution in [0.15, 0.2) is 24.5 Å². The van der Waals surface area contributed by atoms with Gasteiger partial charge in [-0.1, -0.05) is 0 Å². The molecule has 9 nitrogen and oxygen atoms in total. The third kappa shape index (κ3) is 4.10. The molecule has 4 rings (SSSR count). The van der Waals surface area contributed by atoms with Crippen molar-refractivity contribution in [3.05, 3.63) is 35.0 Å². The minimum atomic E-state index is -0.788. The summed E-state index contributed by atoms with van der Waals surface area (Å²) in [6.07, 6.45) is 0.634. The van der Waals surface area contributed by atoms with Crippen molar-refractivity contribution < 1.29 is 28.8 Å². The molecule has 2 N–H and O–H groups in total. The lowest BCUT2D eigenvalue weighted by molar-refractivity contribution is 0.0531. The minimum absolute atomic E-state index is 0.0809. The Labute approximate surface area is 176 Å². The van der Waals surface area contributed by atoms with Crippen molar-refractivity contribution >= 4 is 33.3 Å². The number of nitrogens with one attached hydrogen (secondary N) is 1. The quantitative estimate of drug-likeness (QED) is 0.520. The third-order valence-electron chi connectivity index (χ3n) is 4.48. The first-order chi connectivity index (χ1) is 14.6. The number of hydrogen-bond acceptors (Lipinski definition) is 10. The fourth-order valence-corrected chi connectivity index (χ4v) is 4.07. The van der Waals surface area contributed by atoms with E-state index in [0.717, 1.165) is 10.9 Å². The van der Waals surface area contributed by atoms with Crippen LogP contribution in [0.5, 0.6) is 17.2 Å². The lowest BCUT2D eigenvalue weighted by Gasteiger charge is -2.14. The summed E-state index contributed by atoms with van der Waals surface area (Å²) in [6, 6.07) is 5.25. The Balaban J connectivity index is 1.40. The van der Waals surface area contributed by atoms with E-state index in [2.05, 4.69) is 15.3 Å². The van der Waals surface area contributed by atoms with Crippen molar-refractivity contribution in [1.29, 1.82) is 0 Å². The van der Waals surface area contributed by atoms with Crippen LogP contribution < -0.4 is 19.5 Å². The highest BCUT2D eigenvalue weighted by Gasteiger charge is 2.20. The molecule has 0 bridgehead atoms. The van der Waals surface area contributed by atoms with Gasteiger partial charge in [-0.2, -0.15) is 0 Å². The average Bonchev–Trinajstić information content (AvgIpc) is 3.35. The van der Waals surface area contributed by atoms with Crippen LogP contribution in [-0.2, 0) is 4.74 Å². The number of aliphatic hydroxyl groups excluding tert-OH is 1. The van der Waals surface area contributed by atoms with Crippen LogP contribution in [0.4, 0.5) is 5.82 Å². The van der Waals surface area contributed by atoms with E-state index in [0.29, 0.717) is 39.4 Å². The molecule has 1 aliphatic heterocycles. The van der Waals surface area contributed by atoms with E-state index in [1.165, 1.54) is 17.7 Å². The average molecular weight is 431 g/mol. The topological polar surface area (TPSA) is 112 Å². The van der Waals surface area contributed by atoms with Crippen LogP contribution in [0.3, 0.4) is 0 Å². The molecule has 1 aliphatic rings. The highest BCUT2D eigenvalue weighted by Crippen LogP contribution is 2.35. The number of carbonyl (C=O) groups is 1. The molecule has 1 atom stereocenters. The van der Waals surface area contributed by atoms with Gasteiger partial charge in [0.05, 0.1) is 12.0 Å². The van der Waals surface area contributed by atoms with E-state index in [1.54, 1.807) is 25.1 Å². The second-order valence-corrected chi connectivity index (χ2v) is 7.54.